The maximum Gasteiger partial charge on any atom is 0.331 e. The van der Waals surface area contributed by atoms with Gasteiger partial charge in [0, 0.05) is 17.7 Å². The summed E-state index contributed by atoms with van der Waals surface area (Å²) < 4.78 is 26.1. The van der Waals surface area contributed by atoms with Crippen LogP contribution in [0.4, 0.5) is 0 Å². The molecule has 0 fully saturated rings. The van der Waals surface area contributed by atoms with Crippen molar-refractivity contribution in [3.8, 4) is 23.0 Å². The minimum atomic E-state index is -0.659. The first-order valence-corrected chi connectivity index (χ1v) is 11.1. The van der Waals surface area contributed by atoms with E-state index >= 15 is 0 Å². The third kappa shape index (κ3) is 7.02. The molecule has 0 aliphatic carbocycles. The standard InChI is InChI=1S/C28H29NO7/c1-32-22-11-6-20(7-12-22)28(21-8-13-23(33-2)14-9-21)29-26(30)18-36-27(31)16-10-19-5-15-24(34-3)17-25(19)35-4/h5-17,28H,18H2,1-4H3,(H,29,30)/b16-10+. The Bertz CT molecular complexity index is 1140. The fourth-order valence-corrected chi connectivity index (χ4v) is 3.45. The van der Waals surface area contributed by atoms with E-state index in [4.69, 9.17) is 23.7 Å². The first-order valence-electron chi connectivity index (χ1n) is 11.1. The van der Waals surface area contributed by atoms with E-state index in [1.54, 1.807) is 45.6 Å². The molecule has 36 heavy (non-hydrogen) atoms. The Morgan fingerprint density at radius 3 is 1.78 bits per heavy atom. The van der Waals surface area contributed by atoms with Crippen molar-refractivity contribution in [2.45, 2.75) is 6.04 Å². The highest BCUT2D eigenvalue weighted by Crippen LogP contribution is 2.27. The number of carbonyl (C=O) groups excluding carboxylic acids is 2. The number of carbonyl (C=O) groups is 2. The van der Waals surface area contributed by atoms with E-state index in [2.05, 4.69) is 5.32 Å². The van der Waals surface area contributed by atoms with Gasteiger partial charge in [-0.3, -0.25) is 4.79 Å². The Morgan fingerprint density at radius 2 is 1.28 bits per heavy atom. The zero-order valence-electron chi connectivity index (χ0n) is 20.6. The Hall–Kier alpha value is -4.46. The van der Waals surface area contributed by atoms with E-state index in [1.807, 2.05) is 48.5 Å². The van der Waals surface area contributed by atoms with Gasteiger partial charge in [-0.1, -0.05) is 24.3 Å². The van der Waals surface area contributed by atoms with Crippen molar-refractivity contribution in [3.63, 3.8) is 0 Å². The van der Waals surface area contributed by atoms with Crippen LogP contribution in [0.15, 0.2) is 72.8 Å². The van der Waals surface area contributed by atoms with E-state index in [0.29, 0.717) is 28.6 Å². The van der Waals surface area contributed by atoms with Gasteiger partial charge in [0.15, 0.2) is 6.61 Å². The van der Waals surface area contributed by atoms with Gasteiger partial charge in [-0.25, -0.2) is 4.79 Å². The number of benzene rings is 3. The molecule has 0 atom stereocenters. The number of amides is 1. The Labute approximate surface area is 210 Å². The molecule has 0 unspecified atom stereocenters. The maximum absolute atomic E-state index is 12.7. The normalized spacial score (nSPS) is 10.7. The molecule has 0 radical (unpaired) electrons. The molecule has 8 heteroatoms. The van der Waals surface area contributed by atoms with Gasteiger partial charge in [0.1, 0.15) is 23.0 Å². The molecule has 3 aromatic rings. The number of methoxy groups -OCH3 is 4. The summed E-state index contributed by atoms with van der Waals surface area (Å²) >= 11 is 0. The quantitative estimate of drug-likeness (QED) is 0.318. The first-order chi connectivity index (χ1) is 17.5. The molecule has 0 heterocycles. The van der Waals surface area contributed by atoms with Gasteiger partial charge < -0.3 is 29.0 Å². The highest BCUT2D eigenvalue weighted by atomic mass is 16.5. The van der Waals surface area contributed by atoms with E-state index in [-0.39, 0.29) is 0 Å². The highest BCUT2D eigenvalue weighted by Gasteiger charge is 2.18. The summed E-state index contributed by atoms with van der Waals surface area (Å²) in [6.45, 7) is -0.439. The number of nitrogens with one attached hydrogen (secondary N) is 1. The Balaban J connectivity index is 1.66. The minimum absolute atomic E-state index is 0.439. The molecule has 3 rings (SSSR count). The molecule has 0 saturated heterocycles. The number of esters is 1. The minimum Gasteiger partial charge on any atom is -0.497 e. The van der Waals surface area contributed by atoms with Crippen molar-refractivity contribution in [3.05, 3.63) is 89.5 Å². The molecule has 188 valence electrons. The topological polar surface area (TPSA) is 92.3 Å². The van der Waals surface area contributed by atoms with Crippen LogP contribution in [-0.4, -0.2) is 46.9 Å². The maximum atomic E-state index is 12.7. The molecule has 0 aliphatic heterocycles. The highest BCUT2D eigenvalue weighted by molar-refractivity contribution is 5.89. The summed E-state index contributed by atoms with van der Waals surface area (Å²) in [6, 6.07) is 19.5. The summed E-state index contributed by atoms with van der Waals surface area (Å²) in [5.74, 6) is 1.47. The van der Waals surface area contributed by atoms with Gasteiger partial charge in [0.2, 0.25) is 0 Å². The van der Waals surface area contributed by atoms with Gasteiger partial charge >= 0.3 is 5.97 Å². The van der Waals surface area contributed by atoms with E-state index < -0.39 is 24.5 Å². The summed E-state index contributed by atoms with van der Waals surface area (Å²) in [5, 5.41) is 2.93. The fraction of sp³-hybridized carbons (Fsp3) is 0.214. The lowest BCUT2D eigenvalue weighted by atomic mass is 9.98. The van der Waals surface area contributed by atoms with Crippen molar-refractivity contribution in [2.24, 2.45) is 0 Å². The molecule has 0 aromatic heterocycles. The van der Waals surface area contributed by atoms with Crippen molar-refractivity contribution >= 4 is 18.0 Å². The van der Waals surface area contributed by atoms with Crippen molar-refractivity contribution in [1.29, 1.82) is 0 Å². The Kier molecular flexibility index (Phi) is 9.33. The zero-order valence-corrected chi connectivity index (χ0v) is 20.6. The predicted molar refractivity (Wildman–Crippen MR) is 136 cm³/mol. The second kappa shape index (κ2) is 12.9. The van der Waals surface area contributed by atoms with E-state index in [0.717, 1.165) is 11.1 Å². The van der Waals surface area contributed by atoms with E-state index in [1.165, 1.54) is 13.2 Å². The van der Waals surface area contributed by atoms with Gasteiger partial charge in [0.05, 0.1) is 34.5 Å². The monoisotopic (exact) mass is 491 g/mol. The molecule has 8 nitrogen and oxygen atoms in total. The van der Waals surface area contributed by atoms with Crippen molar-refractivity contribution in [2.75, 3.05) is 35.0 Å². The van der Waals surface area contributed by atoms with Gasteiger partial charge in [-0.2, -0.15) is 0 Å². The van der Waals surface area contributed by atoms with Crippen LogP contribution >= 0.6 is 0 Å². The Morgan fingerprint density at radius 1 is 0.750 bits per heavy atom. The molecule has 0 aliphatic rings. The second-order valence-electron chi connectivity index (χ2n) is 7.60. The van der Waals surface area contributed by atoms with Crippen LogP contribution in [0.25, 0.3) is 6.08 Å². The third-order valence-electron chi connectivity index (χ3n) is 5.39. The lowest BCUT2D eigenvalue weighted by molar-refractivity contribution is -0.143. The SMILES string of the molecule is COc1ccc(C(NC(=O)COC(=O)/C=C/c2ccc(OC)cc2OC)c2ccc(OC)cc2)cc1. The summed E-state index contributed by atoms with van der Waals surface area (Å²) in [6.07, 6.45) is 2.79. The summed E-state index contributed by atoms with van der Waals surface area (Å²) in [5.41, 5.74) is 2.35. The molecular weight excluding hydrogens is 462 g/mol. The fourth-order valence-electron chi connectivity index (χ4n) is 3.45. The summed E-state index contributed by atoms with van der Waals surface area (Å²) in [7, 11) is 6.26. The van der Waals surface area contributed by atoms with Gasteiger partial charge in [-0.15, -0.1) is 0 Å². The average molecular weight is 492 g/mol. The average Bonchev–Trinajstić information content (AvgIpc) is 2.93. The molecule has 0 bridgehead atoms. The van der Waals surface area contributed by atoms with Crippen molar-refractivity contribution in [1.82, 2.24) is 5.32 Å². The van der Waals surface area contributed by atoms with Gasteiger partial charge in [0.25, 0.3) is 5.91 Å². The molecule has 3 aromatic carbocycles. The van der Waals surface area contributed by atoms with E-state index in [9.17, 15) is 9.59 Å². The second-order valence-corrected chi connectivity index (χ2v) is 7.60. The van der Waals surface area contributed by atoms with Crippen LogP contribution in [-0.2, 0) is 14.3 Å². The largest absolute Gasteiger partial charge is 0.497 e. The summed E-state index contributed by atoms with van der Waals surface area (Å²) in [4.78, 5) is 24.9. The molecule has 0 spiro atoms. The molecule has 1 amide bonds. The lowest BCUT2D eigenvalue weighted by Crippen LogP contribution is -2.33. The van der Waals surface area contributed by atoms with Crippen LogP contribution in [0.2, 0.25) is 0 Å². The van der Waals surface area contributed by atoms with Crippen LogP contribution in [0, 0.1) is 0 Å². The van der Waals surface area contributed by atoms with Crippen LogP contribution in [0.3, 0.4) is 0 Å². The third-order valence-corrected chi connectivity index (χ3v) is 5.39. The van der Waals surface area contributed by atoms with Crippen LogP contribution in [0.5, 0.6) is 23.0 Å². The van der Waals surface area contributed by atoms with Gasteiger partial charge in [-0.05, 0) is 53.6 Å². The van der Waals surface area contributed by atoms with Crippen LogP contribution in [0.1, 0.15) is 22.7 Å². The molecular formula is C28H29NO7. The number of ether oxygens (including phenoxy) is 5. The number of hydrogen-bond acceptors (Lipinski definition) is 7. The molecule has 1 N–H and O–H groups in total. The molecule has 0 saturated carbocycles. The van der Waals surface area contributed by atoms with Crippen molar-refractivity contribution < 1.29 is 33.3 Å². The predicted octanol–water partition coefficient (Wildman–Crippen LogP) is 4.18. The number of hydrogen-bond donors (Lipinski definition) is 1. The van der Waals surface area contributed by atoms with Crippen LogP contribution < -0.4 is 24.3 Å². The first kappa shape index (κ1) is 26.2. The number of rotatable bonds is 11. The lowest BCUT2D eigenvalue weighted by Gasteiger charge is -2.20. The zero-order chi connectivity index (χ0) is 25.9. The smallest absolute Gasteiger partial charge is 0.331 e.